The van der Waals surface area contributed by atoms with E-state index in [1.54, 1.807) is 24.3 Å². The number of nitrogens with one attached hydrogen (secondary N) is 1. The Hall–Kier alpha value is -2.13. The van der Waals surface area contributed by atoms with E-state index >= 15 is 0 Å². The van der Waals surface area contributed by atoms with Gasteiger partial charge < -0.3 is 14.4 Å². The number of aryl methyl sites for hydroxylation is 1. The summed E-state index contributed by atoms with van der Waals surface area (Å²) < 4.78 is 10.0. The number of hydrogen-bond donors (Lipinski definition) is 1. The van der Waals surface area contributed by atoms with E-state index in [0.717, 1.165) is 4.88 Å². The number of carbonyl (C=O) groups is 1. The molecule has 3 rings (SSSR count). The minimum absolute atomic E-state index is 0.156. The minimum atomic E-state index is -0.156. The molecule has 0 fully saturated rings. The summed E-state index contributed by atoms with van der Waals surface area (Å²) in [4.78, 5) is 17.0. The molecule has 0 spiro atoms. The summed E-state index contributed by atoms with van der Waals surface area (Å²) in [7, 11) is 0. The molecule has 3 aromatic rings. The number of anilines is 1. The second kappa shape index (κ2) is 6.75. The van der Waals surface area contributed by atoms with Crippen molar-refractivity contribution in [1.82, 2.24) is 15.3 Å². The molecule has 9 heteroatoms. The molecule has 0 unspecified atom stereocenters. The van der Waals surface area contributed by atoms with Gasteiger partial charge >= 0.3 is 0 Å². The fourth-order valence-electron chi connectivity index (χ4n) is 1.65. The van der Waals surface area contributed by atoms with E-state index in [0.29, 0.717) is 29.0 Å². The van der Waals surface area contributed by atoms with E-state index in [4.69, 9.17) is 9.05 Å². The zero-order valence-corrected chi connectivity index (χ0v) is 13.2. The Morgan fingerprint density at radius 2 is 2.32 bits per heavy atom. The average Bonchev–Trinajstić information content (AvgIpc) is 3.20. The van der Waals surface area contributed by atoms with Gasteiger partial charge in [0, 0.05) is 6.07 Å². The number of nitrogens with zero attached hydrogens (tertiary/aromatic N) is 3. The van der Waals surface area contributed by atoms with Crippen LogP contribution in [0.1, 0.15) is 11.7 Å². The molecule has 7 nitrogen and oxygen atoms in total. The molecule has 0 saturated carbocycles. The standard InChI is InChI=1S/C13H12N4O3S2/c1-8-5-10(16-19-8)14-11(18)6-21-7-12-15-13(17-20-12)9-3-2-4-22-9/h2-5H,6-7H2,1H3,(H,14,16,18). The number of hydrogen-bond acceptors (Lipinski definition) is 8. The average molecular weight is 336 g/mol. The van der Waals surface area contributed by atoms with Crippen molar-refractivity contribution in [2.24, 2.45) is 0 Å². The van der Waals surface area contributed by atoms with Crippen LogP contribution in [0.5, 0.6) is 0 Å². The lowest BCUT2D eigenvalue weighted by Gasteiger charge is -1.99. The van der Waals surface area contributed by atoms with Gasteiger partial charge in [0.15, 0.2) is 5.82 Å². The molecule has 1 amide bonds. The SMILES string of the molecule is Cc1cc(NC(=O)CSCc2nc(-c3cccs3)no2)no1. The second-order valence-electron chi connectivity index (χ2n) is 4.35. The van der Waals surface area contributed by atoms with Crippen molar-refractivity contribution in [2.45, 2.75) is 12.7 Å². The first kappa shape index (κ1) is 14.8. The maximum Gasteiger partial charge on any atom is 0.236 e. The van der Waals surface area contributed by atoms with Crippen molar-refractivity contribution in [3.8, 4) is 10.7 Å². The molecule has 0 aliphatic heterocycles. The molecular formula is C13H12N4O3S2. The van der Waals surface area contributed by atoms with Crippen LogP contribution in [0.4, 0.5) is 5.82 Å². The van der Waals surface area contributed by atoms with Crippen LogP contribution in [-0.2, 0) is 10.5 Å². The minimum Gasteiger partial charge on any atom is -0.360 e. The zero-order chi connectivity index (χ0) is 15.4. The third kappa shape index (κ3) is 3.74. The van der Waals surface area contributed by atoms with Crippen LogP contribution < -0.4 is 5.32 Å². The Morgan fingerprint density at radius 3 is 3.05 bits per heavy atom. The molecule has 0 radical (unpaired) electrons. The fraction of sp³-hybridized carbons (Fsp3) is 0.231. The predicted molar refractivity (Wildman–Crippen MR) is 83.6 cm³/mol. The number of thiophene rings is 1. The zero-order valence-electron chi connectivity index (χ0n) is 11.6. The van der Waals surface area contributed by atoms with Crippen molar-refractivity contribution in [3.05, 3.63) is 35.2 Å². The van der Waals surface area contributed by atoms with Crippen LogP contribution in [0.2, 0.25) is 0 Å². The highest BCUT2D eigenvalue weighted by atomic mass is 32.2. The number of rotatable bonds is 6. The predicted octanol–water partition coefficient (Wildman–Crippen LogP) is 2.97. The second-order valence-corrected chi connectivity index (χ2v) is 6.29. The third-order valence-corrected chi connectivity index (χ3v) is 4.35. The van der Waals surface area contributed by atoms with Gasteiger partial charge in [0.05, 0.1) is 16.4 Å². The van der Waals surface area contributed by atoms with Crippen molar-refractivity contribution >= 4 is 34.8 Å². The van der Waals surface area contributed by atoms with Crippen molar-refractivity contribution < 1.29 is 13.8 Å². The Bertz CT molecular complexity index is 751. The van der Waals surface area contributed by atoms with Gasteiger partial charge in [0.25, 0.3) is 0 Å². The lowest BCUT2D eigenvalue weighted by Crippen LogP contribution is -2.14. The summed E-state index contributed by atoms with van der Waals surface area (Å²) in [6, 6.07) is 5.52. The van der Waals surface area contributed by atoms with Crippen LogP contribution in [0, 0.1) is 6.92 Å². The molecule has 114 valence electrons. The smallest absolute Gasteiger partial charge is 0.236 e. The number of thioether (sulfide) groups is 1. The number of amides is 1. The van der Waals surface area contributed by atoms with Crippen LogP contribution in [0.25, 0.3) is 10.7 Å². The molecule has 0 aliphatic carbocycles. The first-order chi connectivity index (χ1) is 10.7. The topological polar surface area (TPSA) is 94.1 Å². The molecule has 0 aromatic carbocycles. The van der Waals surface area contributed by atoms with Crippen molar-refractivity contribution in [2.75, 3.05) is 11.1 Å². The first-order valence-electron chi connectivity index (χ1n) is 6.38. The Labute approximate surface area is 134 Å². The van der Waals surface area contributed by atoms with Crippen LogP contribution in [0.3, 0.4) is 0 Å². The monoisotopic (exact) mass is 336 g/mol. The van der Waals surface area contributed by atoms with E-state index in [1.807, 2.05) is 17.5 Å². The molecular weight excluding hydrogens is 324 g/mol. The Balaban J connectivity index is 1.46. The van der Waals surface area contributed by atoms with Gasteiger partial charge in [-0.2, -0.15) is 4.98 Å². The largest absolute Gasteiger partial charge is 0.360 e. The molecule has 0 saturated heterocycles. The van der Waals surface area contributed by atoms with Gasteiger partial charge in [-0.1, -0.05) is 16.4 Å². The van der Waals surface area contributed by atoms with Gasteiger partial charge in [-0.15, -0.1) is 23.1 Å². The molecule has 0 bridgehead atoms. The third-order valence-electron chi connectivity index (χ3n) is 2.56. The van der Waals surface area contributed by atoms with Gasteiger partial charge in [0.1, 0.15) is 5.76 Å². The lowest BCUT2D eigenvalue weighted by molar-refractivity contribution is -0.113. The van der Waals surface area contributed by atoms with Crippen LogP contribution in [-0.4, -0.2) is 27.0 Å². The summed E-state index contributed by atoms with van der Waals surface area (Å²) in [5.74, 6) is 2.73. The van der Waals surface area contributed by atoms with Crippen LogP contribution in [0.15, 0.2) is 32.6 Å². The summed E-state index contributed by atoms with van der Waals surface area (Å²) in [5.41, 5.74) is 0. The number of aromatic nitrogens is 3. The molecule has 3 aromatic heterocycles. The summed E-state index contributed by atoms with van der Waals surface area (Å²) >= 11 is 2.94. The van der Waals surface area contributed by atoms with Gasteiger partial charge in [0.2, 0.25) is 17.6 Å². The van der Waals surface area contributed by atoms with Crippen LogP contribution >= 0.6 is 23.1 Å². The fourth-order valence-corrected chi connectivity index (χ4v) is 2.96. The Morgan fingerprint density at radius 1 is 1.41 bits per heavy atom. The van der Waals surface area contributed by atoms with Crippen molar-refractivity contribution in [1.29, 1.82) is 0 Å². The van der Waals surface area contributed by atoms with Gasteiger partial charge in [-0.3, -0.25) is 4.79 Å². The highest BCUT2D eigenvalue weighted by molar-refractivity contribution is 7.99. The number of carbonyl (C=O) groups excluding carboxylic acids is 1. The van der Waals surface area contributed by atoms with E-state index < -0.39 is 0 Å². The van der Waals surface area contributed by atoms with Gasteiger partial charge in [-0.05, 0) is 18.4 Å². The van der Waals surface area contributed by atoms with Crippen molar-refractivity contribution in [3.63, 3.8) is 0 Å². The first-order valence-corrected chi connectivity index (χ1v) is 8.41. The molecule has 0 atom stereocenters. The maximum atomic E-state index is 11.7. The maximum absolute atomic E-state index is 11.7. The lowest BCUT2D eigenvalue weighted by atomic mass is 10.4. The molecule has 22 heavy (non-hydrogen) atoms. The summed E-state index contributed by atoms with van der Waals surface area (Å²) in [6.07, 6.45) is 0. The van der Waals surface area contributed by atoms with E-state index in [-0.39, 0.29) is 11.7 Å². The molecule has 0 aliphatic rings. The summed E-state index contributed by atoms with van der Waals surface area (Å²) in [5, 5.41) is 12.2. The van der Waals surface area contributed by atoms with E-state index in [1.165, 1.54) is 11.8 Å². The summed E-state index contributed by atoms with van der Waals surface area (Å²) in [6.45, 7) is 1.76. The van der Waals surface area contributed by atoms with Gasteiger partial charge in [-0.25, -0.2) is 0 Å². The quantitative estimate of drug-likeness (QED) is 0.739. The highest BCUT2D eigenvalue weighted by Gasteiger charge is 2.11. The Kier molecular flexibility index (Phi) is 4.54. The highest BCUT2D eigenvalue weighted by Crippen LogP contribution is 2.22. The molecule has 3 heterocycles. The normalized spacial score (nSPS) is 10.8. The molecule has 1 N–H and O–H groups in total. The van der Waals surface area contributed by atoms with E-state index in [2.05, 4.69) is 20.6 Å². The van der Waals surface area contributed by atoms with E-state index in [9.17, 15) is 4.79 Å².